The zero-order chi connectivity index (χ0) is 13.1. The third-order valence-corrected chi connectivity index (χ3v) is 3.27. The monoisotopic (exact) mass is 245 g/mol. The van der Waals surface area contributed by atoms with Crippen LogP contribution in [-0.4, -0.2) is 18.1 Å². The third-order valence-electron chi connectivity index (χ3n) is 3.27. The van der Waals surface area contributed by atoms with E-state index in [4.69, 9.17) is 0 Å². The van der Waals surface area contributed by atoms with Gasteiger partial charge in [0.2, 0.25) is 11.8 Å². The second kappa shape index (κ2) is 5.12. The van der Waals surface area contributed by atoms with E-state index < -0.39 is 0 Å². The number of amides is 2. The van der Waals surface area contributed by atoms with Crippen LogP contribution >= 0.6 is 0 Å². The molecule has 0 aliphatic carbocycles. The molecule has 1 saturated heterocycles. The third kappa shape index (κ3) is 2.47. The number of benzene rings is 1. The van der Waals surface area contributed by atoms with Crippen LogP contribution in [0.3, 0.4) is 0 Å². The minimum absolute atomic E-state index is 0.202. The average molecular weight is 245 g/mol. The molecule has 1 aliphatic rings. The van der Waals surface area contributed by atoms with E-state index in [1.165, 1.54) is 0 Å². The van der Waals surface area contributed by atoms with E-state index in [0.29, 0.717) is 19.3 Å². The Hall–Kier alpha value is -1.97. The van der Waals surface area contributed by atoms with Crippen LogP contribution in [0.15, 0.2) is 18.2 Å². The number of rotatable bonds is 3. The molecule has 1 N–H and O–H groups in total. The fraction of sp³-hybridized carbons (Fsp3) is 0.357. The number of piperidine rings is 1. The molecule has 1 aliphatic heterocycles. The maximum absolute atomic E-state index is 11.8. The van der Waals surface area contributed by atoms with Crippen LogP contribution < -0.4 is 5.32 Å². The summed E-state index contributed by atoms with van der Waals surface area (Å²) in [4.78, 5) is 33.3. The van der Waals surface area contributed by atoms with Gasteiger partial charge in [-0.3, -0.25) is 14.9 Å². The first-order chi connectivity index (χ1) is 8.61. The van der Waals surface area contributed by atoms with Crippen molar-refractivity contribution in [2.45, 2.75) is 32.1 Å². The Morgan fingerprint density at radius 1 is 1.39 bits per heavy atom. The summed E-state index contributed by atoms with van der Waals surface area (Å²) < 4.78 is 0. The number of hydrogen-bond donors (Lipinski definition) is 1. The van der Waals surface area contributed by atoms with Gasteiger partial charge in [0.05, 0.1) is 5.92 Å². The van der Waals surface area contributed by atoms with Gasteiger partial charge in [0.25, 0.3) is 0 Å². The van der Waals surface area contributed by atoms with Gasteiger partial charge in [-0.25, -0.2) is 0 Å². The minimum Gasteiger partial charge on any atom is -0.303 e. The first kappa shape index (κ1) is 12.5. The second-order valence-electron chi connectivity index (χ2n) is 4.57. The van der Waals surface area contributed by atoms with Crippen LogP contribution in [0.25, 0.3) is 0 Å². The van der Waals surface area contributed by atoms with Crippen molar-refractivity contribution in [2.24, 2.45) is 0 Å². The Labute approximate surface area is 105 Å². The average Bonchev–Trinajstić information content (AvgIpc) is 2.31. The summed E-state index contributed by atoms with van der Waals surface area (Å²) in [7, 11) is 0. The molecule has 1 unspecified atom stereocenters. The van der Waals surface area contributed by atoms with E-state index >= 15 is 0 Å². The Balaban J connectivity index is 2.25. The highest BCUT2D eigenvalue weighted by Gasteiger charge is 2.28. The smallest absolute Gasteiger partial charge is 0.234 e. The molecule has 2 rings (SSSR count). The number of aldehydes is 1. The highest BCUT2D eigenvalue weighted by molar-refractivity contribution is 6.01. The molecule has 0 bridgehead atoms. The highest BCUT2D eigenvalue weighted by atomic mass is 16.2. The van der Waals surface area contributed by atoms with Gasteiger partial charge in [0.1, 0.15) is 6.29 Å². The quantitative estimate of drug-likeness (QED) is 0.644. The van der Waals surface area contributed by atoms with Crippen LogP contribution in [0.2, 0.25) is 0 Å². The molecule has 1 fully saturated rings. The summed E-state index contributed by atoms with van der Waals surface area (Å²) in [6, 6.07) is 5.67. The van der Waals surface area contributed by atoms with Crippen molar-refractivity contribution in [3.63, 3.8) is 0 Å². The van der Waals surface area contributed by atoms with Crippen molar-refractivity contribution in [3.8, 4) is 0 Å². The highest BCUT2D eigenvalue weighted by Crippen LogP contribution is 2.27. The molecule has 94 valence electrons. The first-order valence-electron chi connectivity index (χ1n) is 5.98. The summed E-state index contributed by atoms with van der Waals surface area (Å²) in [6.45, 7) is 1.92. The van der Waals surface area contributed by atoms with Gasteiger partial charge < -0.3 is 4.79 Å². The lowest BCUT2D eigenvalue weighted by molar-refractivity contribution is -0.134. The van der Waals surface area contributed by atoms with Crippen LogP contribution in [-0.2, 0) is 20.8 Å². The number of carbonyl (C=O) groups is 3. The number of aryl methyl sites for hydroxylation is 1. The SMILES string of the molecule is Cc1cc(CC=O)ccc1C1CCC(=O)NC1=O. The van der Waals surface area contributed by atoms with Crippen LogP contribution in [0.4, 0.5) is 0 Å². The predicted octanol–water partition coefficient (Wildman–Crippen LogP) is 1.26. The molecule has 0 spiro atoms. The molecule has 0 radical (unpaired) electrons. The number of carbonyl (C=O) groups excluding carboxylic acids is 3. The van der Waals surface area contributed by atoms with E-state index in [2.05, 4.69) is 5.32 Å². The zero-order valence-corrected chi connectivity index (χ0v) is 10.2. The Bertz CT molecular complexity index is 508. The summed E-state index contributed by atoms with van der Waals surface area (Å²) >= 11 is 0. The largest absolute Gasteiger partial charge is 0.303 e. The van der Waals surface area contributed by atoms with Crippen molar-refractivity contribution in [1.82, 2.24) is 5.32 Å². The summed E-state index contributed by atoms with van der Waals surface area (Å²) in [6.07, 6.45) is 2.18. The fourth-order valence-electron chi connectivity index (χ4n) is 2.34. The van der Waals surface area contributed by atoms with Crippen molar-refractivity contribution >= 4 is 18.1 Å². The predicted molar refractivity (Wildman–Crippen MR) is 66.1 cm³/mol. The maximum Gasteiger partial charge on any atom is 0.234 e. The van der Waals surface area contributed by atoms with Gasteiger partial charge in [-0.15, -0.1) is 0 Å². The van der Waals surface area contributed by atoms with Crippen LogP contribution in [0.5, 0.6) is 0 Å². The van der Waals surface area contributed by atoms with E-state index in [9.17, 15) is 14.4 Å². The summed E-state index contributed by atoms with van der Waals surface area (Å²) in [5.74, 6) is -0.683. The second-order valence-corrected chi connectivity index (χ2v) is 4.57. The summed E-state index contributed by atoms with van der Waals surface area (Å²) in [5.41, 5.74) is 2.87. The Kier molecular flexibility index (Phi) is 3.55. The normalized spacial score (nSPS) is 19.5. The Morgan fingerprint density at radius 2 is 2.17 bits per heavy atom. The molecule has 1 atom stereocenters. The van der Waals surface area contributed by atoms with Crippen molar-refractivity contribution < 1.29 is 14.4 Å². The molecule has 4 heteroatoms. The molecule has 0 saturated carbocycles. The van der Waals surface area contributed by atoms with E-state index in [0.717, 1.165) is 23.0 Å². The van der Waals surface area contributed by atoms with Crippen LogP contribution in [0, 0.1) is 6.92 Å². The minimum atomic E-state index is -0.256. The van der Waals surface area contributed by atoms with Crippen molar-refractivity contribution in [2.75, 3.05) is 0 Å². The lowest BCUT2D eigenvalue weighted by Gasteiger charge is -2.22. The zero-order valence-electron chi connectivity index (χ0n) is 10.2. The lowest BCUT2D eigenvalue weighted by Crippen LogP contribution is -2.39. The molecule has 2 amide bonds. The van der Waals surface area contributed by atoms with E-state index in [1.54, 1.807) is 0 Å². The van der Waals surface area contributed by atoms with E-state index in [1.807, 2.05) is 25.1 Å². The molecule has 4 nitrogen and oxygen atoms in total. The van der Waals surface area contributed by atoms with Crippen molar-refractivity contribution in [3.05, 3.63) is 34.9 Å². The topological polar surface area (TPSA) is 63.2 Å². The Morgan fingerprint density at radius 3 is 2.78 bits per heavy atom. The van der Waals surface area contributed by atoms with Gasteiger partial charge in [-0.2, -0.15) is 0 Å². The molecular weight excluding hydrogens is 230 g/mol. The molecular formula is C14H15NO3. The van der Waals surface area contributed by atoms with Gasteiger partial charge in [0.15, 0.2) is 0 Å². The van der Waals surface area contributed by atoms with Crippen molar-refractivity contribution in [1.29, 1.82) is 0 Å². The molecule has 1 aromatic rings. The molecule has 1 heterocycles. The van der Waals surface area contributed by atoms with Crippen LogP contribution in [0.1, 0.15) is 35.4 Å². The van der Waals surface area contributed by atoms with Gasteiger partial charge in [-0.05, 0) is 30.0 Å². The molecule has 0 aromatic heterocycles. The fourth-order valence-corrected chi connectivity index (χ4v) is 2.34. The van der Waals surface area contributed by atoms with Gasteiger partial charge in [0, 0.05) is 12.8 Å². The first-order valence-corrected chi connectivity index (χ1v) is 5.98. The van der Waals surface area contributed by atoms with E-state index in [-0.39, 0.29) is 17.7 Å². The van der Waals surface area contributed by atoms with Gasteiger partial charge in [-0.1, -0.05) is 18.2 Å². The van der Waals surface area contributed by atoms with Gasteiger partial charge >= 0.3 is 0 Å². The molecule has 1 aromatic carbocycles. The number of nitrogens with one attached hydrogen (secondary N) is 1. The standard InChI is InChI=1S/C14H15NO3/c1-9-8-10(6-7-16)2-3-11(9)12-4-5-13(17)15-14(12)18/h2-3,7-8,12H,4-6H2,1H3,(H,15,17,18). The number of hydrogen-bond acceptors (Lipinski definition) is 3. The summed E-state index contributed by atoms with van der Waals surface area (Å²) in [5, 5.41) is 2.36. The lowest BCUT2D eigenvalue weighted by atomic mass is 9.87. The maximum atomic E-state index is 11.8. The number of imide groups is 1. The molecule has 18 heavy (non-hydrogen) atoms.